The van der Waals surface area contributed by atoms with E-state index < -0.39 is 0 Å². The molecule has 164 valence electrons. The Kier molecular flexibility index (Phi) is 8.40. The van der Waals surface area contributed by atoms with Gasteiger partial charge < -0.3 is 24.4 Å². The summed E-state index contributed by atoms with van der Waals surface area (Å²) in [6.45, 7) is 7.74. The average molecular weight is 413 g/mol. The number of benzene rings is 2. The molecule has 1 fully saturated rings. The van der Waals surface area contributed by atoms with E-state index in [1.54, 1.807) is 7.11 Å². The lowest BCUT2D eigenvalue weighted by Crippen LogP contribution is -2.38. The molecule has 0 radical (unpaired) electrons. The van der Waals surface area contributed by atoms with Crippen LogP contribution >= 0.6 is 0 Å². The summed E-state index contributed by atoms with van der Waals surface area (Å²) in [7, 11) is 3.85. The minimum absolute atomic E-state index is 0.277. The second-order valence-electron chi connectivity index (χ2n) is 8.28. The number of hydrogen-bond donors (Lipinski definition) is 1. The number of nitrogens with zero attached hydrogens (tertiary/aromatic N) is 2. The molecule has 0 atom stereocenters. The van der Waals surface area contributed by atoms with E-state index in [-0.39, 0.29) is 5.75 Å². The maximum absolute atomic E-state index is 10.4. The topological polar surface area (TPSA) is 45.2 Å². The Hall–Kier alpha value is -2.24. The van der Waals surface area contributed by atoms with Gasteiger partial charge in [0.25, 0.3) is 0 Å². The van der Waals surface area contributed by atoms with Crippen molar-refractivity contribution in [1.29, 1.82) is 0 Å². The molecule has 2 aromatic rings. The van der Waals surface area contributed by atoms with Gasteiger partial charge in [-0.1, -0.05) is 24.3 Å². The molecule has 0 saturated carbocycles. The molecule has 1 saturated heterocycles. The maximum atomic E-state index is 10.4. The van der Waals surface area contributed by atoms with Gasteiger partial charge in [0.2, 0.25) is 0 Å². The number of phenols is 1. The number of methoxy groups -OCH3 is 1. The van der Waals surface area contributed by atoms with Gasteiger partial charge in [-0.2, -0.15) is 0 Å². The van der Waals surface area contributed by atoms with Crippen LogP contribution in [0, 0.1) is 5.92 Å². The number of aromatic hydroxyl groups is 1. The van der Waals surface area contributed by atoms with Crippen LogP contribution in [0.15, 0.2) is 42.5 Å². The zero-order valence-corrected chi connectivity index (χ0v) is 18.6. The van der Waals surface area contributed by atoms with Crippen LogP contribution in [0.4, 0.5) is 0 Å². The summed E-state index contributed by atoms with van der Waals surface area (Å²) in [5, 5.41) is 10.4. The number of ether oxygens (including phenoxy) is 2. The molecule has 1 aliphatic heterocycles. The third-order valence-electron chi connectivity index (χ3n) is 5.98. The van der Waals surface area contributed by atoms with Crippen molar-refractivity contribution in [2.75, 3.05) is 46.9 Å². The smallest absolute Gasteiger partial charge is 0.162 e. The van der Waals surface area contributed by atoms with E-state index in [0.717, 1.165) is 37.4 Å². The van der Waals surface area contributed by atoms with Gasteiger partial charge in [-0.3, -0.25) is 0 Å². The van der Waals surface area contributed by atoms with Crippen LogP contribution in [0.1, 0.15) is 30.9 Å². The van der Waals surface area contributed by atoms with Crippen molar-refractivity contribution in [2.24, 2.45) is 5.92 Å². The number of rotatable bonds is 10. The third kappa shape index (κ3) is 6.38. The molecule has 0 aromatic heterocycles. The highest BCUT2D eigenvalue weighted by Gasteiger charge is 2.21. The van der Waals surface area contributed by atoms with E-state index in [9.17, 15) is 5.11 Å². The van der Waals surface area contributed by atoms with Crippen LogP contribution in [0.5, 0.6) is 17.2 Å². The Morgan fingerprint density at radius 2 is 1.83 bits per heavy atom. The Morgan fingerprint density at radius 1 is 1.10 bits per heavy atom. The standard InChI is InChI=1S/C25H36N2O3/c1-4-30-24-7-5-6-22(25(24)28)19-26(2)18-21-13-16-27(17-14-21)15-12-20-8-10-23(29-3)11-9-20/h5-11,21,28H,4,12-19H2,1-3H3. The molecule has 1 heterocycles. The molecule has 0 bridgehead atoms. The normalized spacial score (nSPS) is 15.5. The van der Waals surface area contributed by atoms with Gasteiger partial charge in [0.05, 0.1) is 13.7 Å². The molecule has 2 aromatic carbocycles. The average Bonchev–Trinajstić information content (AvgIpc) is 2.76. The zero-order chi connectivity index (χ0) is 21.3. The van der Waals surface area contributed by atoms with E-state index in [1.165, 1.54) is 31.5 Å². The molecule has 5 heteroatoms. The summed E-state index contributed by atoms with van der Waals surface area (Å²) in [5.41, 5.74) is 2.30. The van der Waals surface area contributed by atoms with Crippen molar-refractivity contribution >= 4 is 0 Å². The second kappa shape index (κ2) is 11.2. The third-order valence-corrected chi connectivity index (χ3v) is 5.98. The Bertz CT molecular complexity index is 770. The van der Waals surface area contributed by atoms with E-state index in [1.807, 2.05) is 37.3 Å². The predicted octanol–water partition coefficient (Wildman–Crippen LogP) is 4.19. The summed E-state index contributed by atoms with van der Waals surface area (Å²) in [5.74, 6) is 2.49. The maximum Gasteiger partial charge on any atom is 0.162 e. The van der Waals surface area contributed by atoms with Gasteiger partial charge >= 0.3 is 0 Å². The highest BCUT2D eigenvalue weighted by Crippen LogP contribution is 2.31. The van der Waals surface area contributed by atoms with Crippen molar-refractivity contribution in [3.05, 3.63) is 53.6 Å². The van der Waals surface area contributed by atoms with Crippen LogP contribution in [-0.4, -0.2) is 61.8 Å². The fourth-order valence-corrected chi connectivity index (χ4v) is 4.24. The van der Waals surface area contributed by atoms with Gasteiger partial charge in [0.15, 0.2) is 11.5 Å². The summed E-state index contributed by atoms with van der Waals surface area (Å²) in [6, 6.07) is 14.2. The highest BCUT2D eigenvalue weighted by atomic mass is 16.5. The largest absolute Gasteiger partial charge is 0.504 e. The lowest BCUT2D eigenvalue weighted by molar-refractivity contribution is 0.153. The van der Waals surface area contributed by atoms with E-state index in [2.05, 4.69) is 29.0 Å². The van der Waals surface area contributed by atoms with Crippen LogP contribution in [0.2, 0.25) is 0 Å². The minimum atomic E-state index is 0.277. The molecule has 0 aliphatic carbocycles. The SMILES string of the molecule is CCOc1cccc(CN(C)CC2CCN(CCc3ccc(OC)cc3)CC2)c1O. The van der Waals surface area contributed by atoms with Crippen LogP contribution < -0.4 is 9.47 Å². The number of piperidine rings is 1. The number of phenolic OH excluding ortho intramolecular Hbond substituents is 1. The lowest BCUT2D eigenvalue weighted by atomic mass is 9.95. The van der Waals surface area contributed by atoms with Crippen LogP contribution in [0.3, 0.4) is 0 Å². The molecule has 30 heavy (non-hydrogen) atoms. The number of para-hydroxylation sites is 1. The Labute approximate surface area is 181 Å². The van der Waals surface area contributed by atoms with Crippen LogP contribution in [-0.2, 0) is 13.0 Å². The summed E-state index contributed by atoms with van der Waals surface area (Å²) in [4.78, 5) is 4.90. The Morgan fingerprint density at radius 3 is 2.50 bits per heavy atom. The van der Waals surface area contributed by atoms with Gasteiger partial charge in [0, 0.05) is 25.2 Å². The quantitative estimate of drug-likeness (QED) is 0.634. The van der Waals surface area contributed by atoms with Crippen LogP contribution in [0.25, 0.3) is 0 Å². The molecule has 5 nitrogen and oxygen atoms in total. The first-order chi connectivity index (χ1) is 14.6. The summed E-state index contributed by atoms with van der Waals surface area (Å²) in [6.07, 6.45) is 3.56. The van der Waals surface area contributed by atoms with Crippen molar-refractivity contribution in [3.8, 4) is 17.2 Å². The second-order valence-corrected chi connectivity index (χ2v) is 8.28. The van der Waals surface area contributed by atoms with Crippen molar-refractivity contribution in [1.82, 2.24) is 9.80 Å². The zero-order valence-electron chi connectivity index (χ0n) is 18.6. The molecule has 1 aliphatic rings. The van der Waals surface area contributed by atoms with Crippen molar-refractivity contribution in [3.63, 3.8) is 0 Å². The van der Waals surface area contributed by atoms with Gasteiger partial charge in [0.1, 0.15) is 5.75 Å². The lowest BCUT2D eigenvalue weighted by Gasteiger charge is -2.34. The molecule has 3 rings (SSSR count). The molecule has 1 N–H and O–H groups in total. The number of hydrogen-bond acceptors (Lipinski definition) is 5. The molecule has 0 unspecified atom stereocenters. The van der Waals surface area contributed by atoms with E-state index in [4.69, 9.17) is 9.47 Å². The molecular weight excluding hydrogens is 376 g/mol. The molecule has 0 amide bonds. The monoisotopic (exact) mass is 412 g/mol. The summed E-state index contributed by atoms with van der Waals surface area (Å²) < 4.78 is 10.7. The molecular formula is C25H36N2O3. The summed E-state index contributed by atoms with van der Waals surface area (Å²) >= 11 is 0. The highest BCUT2D eigenvalue weighted by molar-refractivity contribution is 5.45. The minimum Gasteiger partial charge on any atom is -0.504 e. The first kappa shape index (κ1) is 22.4. The first-order valence-electron chi connectivity index (χ1n) is 11.1. The fourth-order valence-electron chi connectivity index (χ4n) is 4.24. The van der Waals surface area contributed by atoms with E-state index in [0.29, 0.717) is 18.3 Å². The fraction of sp³-hybridized carbons (Fsp3) is 0.520. The van der Waals surface area contributed by atoms with E-state index >= 15 is 0 Å². The Balaban J connectivity index is 1.40. The van der Waals surface area contributed by atoms with Gasteiger partial charge in [-0.25, -0.2) is 0 Å². The first-order valence-corrected chi connectivity index (χ1v) is 11.1. The van der Waals surface area contributed by atoms with Gasteiger partial charge in [-0.05, 0) is 76.0 Å². The van der Waals surface area contributed by atoms with Crippen molar-refractivity contribution < 1.29 is 14.6 Å². The predicted molar refractivity (Wildman–Crippen MR) is 121 cm³/mol. The van der Waals surface area contributed by atoms with Gasteiger partial charge in [-0.15, -0.1) is 0 Å². The van der Waals surface area contributed by atoms with Crippen molar-refractivity contribution in [2.45, 2.75) is 32.7 Å². The number of likely N-dealkylation sites (tertiary alicyclic amines) is 1. The molecule has 0 spiro atoms.